The van der Waals surface area contributed by atoms with Gasteiger partial charge in [0.2, 0.25) is 0 Å². The fraction of sp³-hybridized carbons (Fsp3) is 0.471. The normalized spacial score (nSPS) is 18.2. The van der Waals surface area contributed by atoms with Crippen LogP contribution in [0.1, 0.15) is 93.7 Å². The number of fused-ring (bicyclic) bond motifs is 3. The standard InChI is InChI=1S/C34H41P.BF3.FH/c1-4-15-27(16-5-1)17-14-26-34(32-24-12-10-22-30(32)31-23-11-13-25-33(31)34)35(28-18-6-2-7-19-28)29-20-8-3-9-21-29;2-1(3)4;/h1,4-5,10-13,15-16,22-25,28-29H,2-3,6-9,14,17-21,26H2;;1H. The van der Waals surface area contributed by atoms with Crippen molar-refractivity contribution in [1.29, 1.82) is 0 Å². The van der Waals surface area contributed by atoms with Crippen LogP contribution in [0.4, 0.5) is 12.9 Å². The van der Waals surface area contributed by atoms with Gasteiger partial charge in [-0.25, -0.2) is 0 Å². The smallest absolute Gasteiger partial charge is 0.762 e. The first-order valence-electron chi connectivity index (χ1n) is 15.1. The molecule has 3 aliphatic carbocycles. The first kappa shape index (κ1) is 30.8. The van der Waals surface area contributed by atoms with Crippen molar-refractivity contribution < 1.29 is 17.7 Å². The van der Waals surface area contributed by atoms with E-state index in [1.165, 1.54) is 89.0 Å². The molecule has 2 saturated carbocycles. The minimum Gasteiger partial charge on any atom is -1.00 e. The van der Waals surface area contributed by atoms with Gasteiger partial charge < -0.3 is 4.70 Å². The molecular weight excluding hydrogens is 526 g/mol. The summed E-state index contributed by atoms with van der Waals surface area (Å²) in [5.41, 5.74) is 9.99. The molecule has 0 spiro atoms. The number of aryl methyl sites for hydroxylation is 1. The molecule has 6 heteroatoms. The number of halogens is 4. The maximum absolute atomic E-state index is 9.67. The predicted molar refractivity (Wildman–Crippen MR) is 163 cm³/mol. The summed E-state index contributed by atoms with van der Waals surface area (Å²) in [6, 6.07) is 30.5. The zero-order chi connectivity index (χ0) is 27.1. The molecule has 3 aromatic carbocycles. The van der Waals surface area contributed by atoms with E-state index in [4.69, 9.17) is 0 Å². The number of hydrogen-bond acceptors (Lipinski definition) is 0. The lowest BCUT2D eigenvalue weighted by atomic mass is 9.89. The maximum Gasteiger partial charge on any atom is 0.762 e. The molecule has 0 saturated heterocycles. The van der Waals surface area contributed by atoms with Crippen molar-refractivity contribution in [2.24, 2.45) is 0 Å². The molecule has 2 fully saturated rings. The quantitative estimate of drug-likeness (QED) is 0.156. The summed E-state index contributed by atoms with van der Waals surface area (Å²) in [5.74, 6) is 0. The minimum absolute atomic E-state index is 0. The fourth-order valence-electron chi connectivity index (χ4n) is 8.11. The second-order valence-electron chi connectivity index (χ2n) is 11.7. The Morgan fingerprint density at radius 3 is 1.52 bits per heavy atom. The van der Waals surface area contributed by atoms with E-state index in [0.29, 0.717) is 0 Å². The van der Waals surface area contributed by atoms with Crippen molar-refractivity contribution in [3.8, 4) is 11.1 Å². The summed E-state index contributed by atoms with van der Waals surface area (Å²) in [6.07, 6.45) is 18.6. The highest BCUT2D eigenvalue weighted by atomic mass is 31.1. The van der Waals surface area contributed by atoms with E-state index in [0.717, 1.165) is 11.3 Å². The van der Waals surface area contributed by atoms with Crippen LogP contribution in [0.3, 0.4) is 0 Å². The van der Waals surface area contributed by atoms with Gasteiger partial charge in [-0.3, -0.25) is 12.9 Å². The van der Waals surface area contributed by atoms with E-state index in [9.17, 15) is 12.9 Å². The zero-order valence-electron chi connectivity index (χ0n) is 23.4. The zero-order valence-corrected chi connectivity index (χ0v) is 24.4. The molecule has 214 valence electrons. The van der Waals surface area contributed by atoms with Gasteiger partial charge in [0.25, 0.3) is 0 Å². The molecular formula is C34H42BF4P. The van der Waals surface area contributed by atoms with Gasteiger partial charge in [0.05, 0.1) is 11.3 Å². The largest absolute Gasteiger partial charge is 1.00 e. The van der Waals surface area contributed by atoms with Crippen LogP contribution in [0, 0.1) is 0 Å². The van der Waals surface area contributed by atoms with Crippen LogP contribution < -0.4 is 4.70 Å². The third-order valence-corrected chi connectivity index (χ3v) is 14.2. The van der Waals surface area contributed by atoms with Crippen LogP contribution in [0.25, 0.3) is 11.1 Å². The number of rotatable bonds is 7. The third kappa shape index (κ3) is 6.67. The van der Waals surface area contributed by atoms with Gasteiger partial charge >= 0.3 is 7.54 Å². The van der Waals surface area contributed by atoms with Crippen LogP contribution in [-0.2, 0) is 11.6 Å². The summed E-state index contributed by atoms with van der Waals surface area (Å²) in [5, 5.41) is 0.274. The molecule has 0 bridgehead atoms. The predicted octanol–water partition coefficient (Wildman–Crippen LogP) is 7.70. The Labute approximate surface area is 239 Å². The van der Waals surface area contributed by atoms with Crippen molar-refractivity contribution in [3.63, 3.8) is 0 Å². The highest BCUT2D eigenvalue weighted by molar-refractivity contribution is 7.60. The molecule has 0 N–H and O–H groups in total. The highest BCUT2D eigenvalue weighted by Crippen LogP contribution is 2.74. The van der Waals surface area contributed by atoms with E-state index in [2.05, 4.69) is 78.9 Å². The Kier molecular flexibility index (Phi) is 11.3. The highest BCUT2D eigenvalue weighted by Gasteiger charge is 2.58. The molecule has 0 radical (unpaired) electrons. The number of benzene rings is 3. The second-order valence-corrected chi connectivity index (χ2v) is 15.1. The maximum atomic E-state index is 9.67. The Bertz CT molecular complexity index is 1110. The first-order chi connectivity index (χ1) is 19.1. The fourth-order valence-corrected chi connectivity index (χ4v) is 13.8. The molecule has 0 heterocycles. The van der Waals surface area contributed by atoms with E-state index in [-0.39, 0.29) is 9.86 Å². The lowest BCUT2D eigenvalue weighted by Gasteiger charge is -2.44. The van der Waals surface area contributed by atoms with Crippen molar-refractivity contribution >= 4 is 15.5 Å². The van der Waals surface area contributed by atoms with Crippen LogP contribution in [0.15, 0.2) is 78.9 Å². The number of hydrogen-bond donors (Lipinski definition) is 0. The molecule has 6 rings (SSSR count). The van der Waals surface area contributed by atoms with Crippen molar-refractivity contribution in [2.75, 3.05) is 0 Å². The van der Waals surface area contributed by atoms with Crippen LogP contribution in [-0.4, -0.2) is 18.9 Å². The van der Waals surface area contributed by atoms with Crippen molar-refractivity contribution in [3.05, 3.63) is 95.6 Å². The average Bonchev–Trinajstić information content (AvgIpc) is 3.25. The van der Waals surface area contributed by atoms with Gasteiger partial charge in [-0.2, -0.15) is 0 Å². The summed E-state index contributed by atoms with van der Waals surface area (Å²) in [4.78, 5) is 0. The molecule has 0 nitrogen and oxygen atoms in total. The van der Waals surface area contributed by atoms with Gasteiger partial charge in [-0.15, -0.1) is 0 Å². The van der Waals surface area contributed by atoms with Gasteiger partial charge in [-0.05, 0) is 87.3 Å². The topological polar surface area (TPSA) is 0 Å². The van der Waals surface area contributed by atoms with E-state index >= 15 is 0 Å². The first-order valence-corrected chi connectivity index (χ1v) is 16.8. The SMILES string of the molecule is FB(F)F.[F-].c1ccc(CCCC2([PH+](C3CCCCC3)C3CCCCC3)c3ccccc3-c3ccccc32)cc1. The third-order valence-electron chi connectivity index (χ3n) is 9.51. The van der Waals surface area contributed by atoms with E-state index in [1.807, 2.05) is 0 Å². The monoisotopic (exact) mass is 568 g/mol. The Morgan fingerprint density at radius 1 is 0.625 bits per heavy atom. The molecule has 0 atom stereocenters. The molecule has 3 aromatic rings. The second kappa shape index (κ2) is 14.7. The molecule has 40 heavy (non-hydrogen) atoms. The summed E-state index contributed by atoms with van der Waals surface area (Å²) in [6.45, 7) is 0. The molecule has 0 aromatic heterocycles. The summed E-state index contributed by atoms with van der Waals surface area (Å²) < 4.78 is 29.0. The molecule has 0 aliphatic heterocycles. The Balaban J connectivity index is 0.000000695. The molecule has 3 aliphatic rings. The summed E-state index contributed by atoms with van der Waals surface area (Å²) in [7, 11) is -4.33. The van der Waals surface area contributed by atoms with Crippen LogP contribution in [0.2, 0.25) is 0 Å². The molecule has 0 amide bonds. The minimum atomic E-state index is -3.67. The van der Waals surface area contributed by atoms with Gasteiger partial charge in [0, 0.05) is 19.0 Å². The Morgan fingerprint density at radius 2 is 1.05 bits per heavy atom. The van der Waals surface area contributed by atoms with Gasteiger partial charge in [-0.1, -0.05) is 91.7 Å². The van der Waals surface area contributed by atoms with Crippen LogP contribution >= 0.6 is 7.92 Å². The van der Waals surface area contributed by atoms with E-state index in [1.54, 1.807) is 22.3 Å². The summed E-state index contributed by atoms with van der Waals surface area (Å²) >= 11 is 0. The van der Waals surface area contributed by atoms with Gasteiger partial charge in [0.1, 0.15) is 5.16 Å². The lowest BCUT2D eigenvalue weighted by Crippen LogP contribution is -3.00. The Hall–Kier alpha value is -2.13. The van der Waals surface area contributed by atoms with Crippen molar-refractivity contribution in [2.45, 2.75) is 99.9 Å². The van der Waals surface area contributed by atoms with Gasteiger partial charge in [0.15, 0.2) is 0 Å². The lowest BCUT2D eigenvalue weighted by molar-refractivity contribution is -0.0000105. The molecule has 0 unspecified atom stereocenters. The van der Waals surface area contributed by atoms with E-state index < -0.39 is 15.5 Å². The average molecular weight is 568 g/mol. The van der Waals surface area contributed by atoms with Crippen molar-refractivity contribution in [1.82, 2.24) is 0 Å². The van der Waals surface area contributed by atoms with Crippen LogP contribution in [0.5, 0.6) is 0 Å².